The van der Waals surface area contributed by atoms with Crippen molar-refractivity contribution < 1.29 is 9.59 Å². The molecule has 1 atom stereocenters. The van der Waals surface area contributed by atoms with Crippen molar-refractivity contribution in [1.82, 2.24) is 10.3 Å². The number of carbonyl (C=O) groups excluding carboxylic acids is 2. The Balaban J connectivity index is 1.60. The molecule has 7 heteroatoms. The molecule has 0 bridgehead atoms. The Hall–Kier alpha value is -2.60. The molecule has 1 aromatic heterocycles. The zero-order valence-electron chi connectivity index (χ0n) is 16.7. The van der Waals surface area contributed by atoms with Gasteiger partial charge < -0.3 is 15.5 Å². The molecule has 6 nitrogen and oxygen atoms in total. The van der Waals surface area contributed by atoms with Crippen molar-refractivity contribution in [3.8, 4) is 0 Å². The molecule has 2 aromatic rings. The largest absolute Gasteiger partial charge is 0.371 e. The molecule has 1 aromatic carbocycles. The number of aromatic nitrogens is 1. The fraction of sp³-hybridized carbons (Fsp3) is 0.409. The Bertz CT molecular complexity index is 835. The fourth-order valence-corrected chi connectivity index (χ4v) is 3.60. The van der Waals surface area contributed by atoms with Crippen LogP contribution in [0, 0.1) is 0 Å². The molecular weight excluding hydrogens is 388 g/mol. The van der Waals surface area contributed by atoms with Crippen LogP contribution in [-0.2, 0) is 16.0 Å². The van der Waals surface area contributed by atoms with Gasteiger partial charge in [-0.25, -0.2) is 4.98 Å². The van der Waals surface area contributed by atoms with Crippen LogP contribution in [0.3, 0.4) is 0 Å². The molecule has 0 spiro atoms. The summed E-state index contributed by atoms with van der Waals surface area (Å²) in [5.41, 5.74) is 2.61. The van der Waals surface area contributed by atoms with Crippen molar-refractivity contribution in [1.29, 1.82) is 0 Å². The first-order chi connectivity index (χ1) is 14.0. The third-order valence-corrected chi connectivity index (χ3v) is 5.19. The monoisotopic (exact) mass is 414 g/mol. The second kappa shape index (κ2) is 10.3. The predicted molar refractivity (Wildman–Crippen MR) is 116 cm³/mol. The first-order valence-electron chi connectivity index (χ1n) is 10.1. The maximum atomic E-state index is 12.8. The second-order valence-corrected chi connectivity index (χ2v) is 7.70. The van der Waals surface area contributed by atoms with Crippen LogP contribution in [0.2, 0.25) is 5.15 Å². The summed E-state index contributed by atoms with van der Waals surface area (Å²) >= 11 is 5.78. The SMILES string of the molecule is CCCC(NC(=O)Cc1ccc(Cl)nc1)C(=O)Nc1cccc(N2CCCC2)c1. The van der Waals surface area contributed by atoms with Gasteiger partial charge in [-0.05, 0) is 49.1 Å². The molecule has 3 rings (SSSR count). The minimum atomic E-state index is -0.580. The normalized spacial score (nSPS) is 14.5. The summed E-state index contributed by atoms with van der Waals surface area (Å²) in [7, 11) is 0. The zero-order valence-corrected chi connectivity index (χ0v) is 17.4. The van der Waals surface area contributed by atoms with Crippen LogP contribution in [0.1, 0.15) is 38.2 Å². The molecule has 0 radical (unpaired) electrons. The van der Waals surface area contributed by atoms with E-state index in [1.54, 1.807) is 18.3 Å². The quantitative estimate of drug-likeness (QED) is 0.644. The highest BCUT2D eigenvalue weighted by atomic mass is 35.5. The van der Waals surface area contributed by atoms with Gasteiger partial charge in [0, 0.05) is 30.7 Å². The number of pyridine rings is 1. The van der Waals surface area contributed by atoms with E-state index in [0.29, 0.717) is 11.6 Å². The van der Waals surface area contributed by atoms with Gasteiger partial charge in [-0.15, -0.1) is 0 Å². The van der Waals surface area contributed by atoms with E-state index in [4.69, 9.17) is 11.6 Å². The second-order valence-electron chi connectivity index (χ2n) is 7.31. The Labute approximate surface area is 176 Å². The van der Waals surface area contributed by atoms with Crippen LogP contribution >= 0.6 is 11.6 Å². The number of nitrogens with zero attached hydrogens (tertiary/aromatic N) is 2. The molecule has 29 heavy (non-hydrogen) atoms. The number of hydrogen-bond donors (Lipinski definition) is 2. The summed E-state index contributed by atoms with van der Waals surface area (Å²) in [4.78, 5) is 31.5. The summed E-state index contributed by atoms with van der Waals surface area (Å²) in [6.45, 7) is 4.08. The van der Waals surface area contributed by atoms with Crippen LogP contribution in [0.4, 0.5) is 11.4 Å². The Morgan fingerprint density at radius 2 is 2.00 bits per heavy atom. The summed E-state index contributed by atoms with van der Waals surface area (Å²) < 4.78 is 0. The van der Waals surface area contributed by atoms with Crippen LogP contribution in [-0.4, -0.2) is 35.9 Å². The summed E-state index contributed by atoms with van der Waals surface area (Å²) in [5, 5.41) is 6.19. The molecule has 1 saturated heterocycles. The molecule has 1 aliphatic heterocycles. The van der Waals surface area contributed by atoms with Gasteiger partial charge in [0.15, 0.2) is 0 Å². The van der Waals surface area contributed by atoms with Crippen molar-refractivity contribution in [3.63, 3.8) is 0 Å². The van der Waals surface area contributed by atoms with Crippen LogP contribution in [0.25, 0.3) is 0 Å². The lowest BCUT2D eigenvalue weighted by atomic mass is 10.1. The van der Waals surface area contributed by atoms with Crippen LogP contribution in [0.5, 0.6) is 0 Å². The summed E-state index contributed by atoms with van der Waals surface area (Å²) in [6, 6.07) is 10.7. The van der Waals surface area contributed by atoms with E-state index in [1.165, 1.54) is 12.8 Å². The third-order valence-electron chi connectivity index (χ3n) is 4.97. The molecule has 1 unspecified atom stereocenters. The average Bonchev–Trinajstić information content (AvgIpc) is 3.24. The number of nitrogens with one attached hydrogen (secondary N) is 2. The topological polar surface area (TPSA) is 74.3 Å². The summed E-state index contributed by atoms with van der Waals surface area (Å²) in [6.07, 6.45) is 5.48. The van der Waals surface area contributed by atoms with E-state index in [0.717, 1.165) is 36.4 Å². The number of anilines is 2. The van der Waals surface area contributed by atoms with Gasteiger partial charge in [-0.3, -0.25) is 9.59 Å². The lowest BCUT2D eigenvalue weighted by molar-refractivity contribution is -0.126. The molecule has 0 saturated carbocycles. The molecule has 0 aliphatic carbocycles. The van der Waals surface area contributed by atoms with Gasteiger partial charge >= 0.3 is 0 Å². The smallest absolute Gasteiger partial charge is 0.246 e. The maximum Gasteiger partial charge on any atom is 0.246 e. The average molecular weight is 415 g/mol. The molecule has 1 fully saturated rings. The molecule has 1 aliphatic rings. The molecule has 2 N–H and O–H groups in total. The van der Waals surface area contributed by atoms with E-state index < -0.39 is 6.04 Å². The molecule has 2 heterocycles. The van der Waals surface area contributed by atoms with Gasteiger partial charge in [0.05, 0.1) is 6.42 Å². The molecular formula is C22H27ClN4O2. The zero-order chi connectivity index (χ0) is 20.6. The predicted octanol–water partition coefficient (Wildman–Crippen LogP) is 3.80. The molecule has 2 amide bonds. The number of carbonyl (C=O) groups is 2. The van der Waals surface area contributed by atoms with Crippen molar-refractivity contribution in [2.75, 3.05) is 23.3 Å². The van der Waals surface area contributed by atoms with Crippen molar-refractivity contribution in [2.45, 2.75) is 45.1 Å². The van der Waals surface area contributed by atoms with E-state index >= 15 is 0 Å². The minimum absolute atomic E-state index is 0.155. The van der Waals surface area contributed by atoms with Gasteiger partial charge in [0.2, 0.25) is 11.8 Å². The van der Waals surface area contributed by atoms with E-state index in [1.807, 2.05) is 25.1 Å². The van der Waals surface area contributed by atoms with Crippen molar-refractivity contribution in [3.05, 3.63) is 53.3 Å². The number of rotatable bonds is 8. The fourth-order valence-electron chi connectivity index (χ4n) is 3.48. The highest BCUT2D eigenvalue weighted by molar-refractivity contribution is 6.29. The highest BCUT2D eigenvalue weighted by Crippen LogP contribution is 2.23. The first kappa shape index (κ1) is 21.1. The van der Waals surface area contributed by atoms with Gasteiger partial charge in [-0.2, -0.15) is 0 Å². The Kier molecular flexibility index (Phi) is 7.47. The summed E-state index contributed by atoms with van der Waals surface area (Å²) in [5.74, 6) is -0.415. The number of amides is 2. The van der Waals surface area contributed by atoms with E-state index in [-0.39, 0.29) is 18.2 Å². The van der Waals surface area contributed by atoms with Gasteiger partial charge in [-0.1, -0.05) is 37.1 Å². The third kappa shape index (κ3) is 6.19. The highest BCUT2D eigenvalue weighted by Gasteiger charge is 2.21. The van der Waals surface area contributed by atoms with Crippen molar-refractivity contribution >= 4 is 34.8 Å². The lowest BCUT2D eigenvalue weighted by Gasteiger charge is -2.20. The Morgan fingerprint density at radius 1 is 1.21 bits per heavy atom. The van der Waals surface area contributed by atoms with Gasteiger partial charge in [0.1, 0.15) is 11.2 Å². The number of benzene rings is 1. The van der Waals surface area contributed by atoms with E-state index in [2.05, 4.69) is 26.6 Å². The lowest BCUT2D eigenvalue weighted by Crippen LogP contribution is -2.44. The molecule has 154 valence electrons. The minimum Gasteiger partial charge on any atom is -0.371 e. The standard InChI is InChI=1S/C22H27ClN4O2/c1-2-6-19(26-21(28)13-16-9-10-20(23)24-15-16)22(29)25-17-7-5-8-18(14-17)27-11-3-4-12-27/h5,7-10,14-15,19H,2-4,6,11-13H2,1H3,(H,25,29)(H,26,28). The maximum absolute atomic E-state index is 12.8. The number of halogens is 1. The van der Waals surface area contributed by atoms with Crippen LogP contribution in [0.15, 0.2) is 42.6 Å². The van der Waals surface area contributed by atoms with Gasteiger partial charge in [0.25, 0.3) is 0 Å². The van der Waals surface area contributed by atoms with E-state index in [9.17, 15) is 9.59 Å². The first-order valence-corrected chi connectivity index (χ1v) is 10.5. The van der Waals surface area contributed by atoms with Crippen molar-refractivity contribution in [2.24, 2.45) is 0 Å². The Morgan fingerprint density at radius 3 is 2.69 bits per heavy atom. The van der Waals surface area contributed by atoms with Crippen LogP contribution < -0.4 is 15.5 Å². The number of hydrogen-bond acceptors (Lipinski definition) is 4.